The fraction of sp³-hybridized carbons (Fsp3) is 0.300. The molecule has 0 N–H and O–H groups in total. The van der Waals surface area contributed by atoms with Crippen molar-refractivity contribution in [3.05, 3.63) is 65.0 Å². The lowest BCUT2D eigenvalue weighted by Crippen LogP contribution is -2.31. The molecule has 6 heteroatoms. The molecule has 134 valence electrons. The molecule has 1 aliphatic rings. The molecule has 0 fully saturated rings. The summed E-state index contributed by atoms with van der Waals surface area (Å²) in [5.41, 5.74) is 4.75. The summed E-state index contributed by atoms with van der Waals surface area (Å²) in [4.78, 5) is 11.4. The van der Waals surface area contributed by atoms with Gasteiger partial charge in [-0.25, -0.2) is 9.97 Å². The van der Waals surface area contributed by atoms with Gasteiger partial charge in [0, 0.05) is 48.4 Å². The topological polar surface area (TPSA) is 38.2 Å². The maximum atomic E-state index is 12.6. The molecule has 0 atom stereocenters. The normalized spacial score (nSPS) is 14.6. The summed E-state index contributed by atoms with van der Waals surface area (Å²) >= 11 is 0. The predicted molar refractivity (Wildman–Crippen MR) is 95.2 cm³/mol. The average molecular weight is 355 g/mol. The van der Waals surface area contributed by atoms with E-state index in [4.69, 9.17) is 4.98 Å². The Morgan fingerprint density at radius 1 is 1.15 bits per heavy atom. The lowest BCUT2D eigenvalue weighted by atomic mass is 10.0. The Bertz CT molecular complexity index is 945. The van der Waals surface area contributed by atoms with Gasteiger partial charge in [0.15, 0.2) is 5.65 Å². The van der Waals surface area contributed by atoms with Gasteiger partial charge < -0.3 is 4.74 Å². The molecular formula is C20H19F2N3O. The molecule has 0 bridgehead atoms. The molecule has 4 nitrogen and oxygen atoms in total. The van der Waals surface area contributed by atoms with E-state index >= 15 is 0 Å². The van der Waals surface area contributed by atoms with Crippen molar-refractivity contribution in [2.24, 2.45) is 0 Å². The van der Waals surface area contributed by atoms with Crippen LogP contribution in [-0.2, 0) is 19.5 Å². The fourth-order valence-electron chi connectivity index (χ4n) is 3.39. The molecule has 2 aromatic heterocycles. The highest BCUT2D eigenvalue weighted by Gasteiger charge is 2.20. The second-order valence-electron chi connectivity index (χ2n) is 6.54. The van der Waals surface area contributed by atoms with E-state index in [1.165, 1.54) is 5.56 Å². The van der Waals surface area contributed by atoms with E-state index in [0.717, 1.165) is 47.5 Å². The first-order chi connectivity index (χ1) is 12.6. The van der Waals surface area contributed by atoms with Gasteiger partial charge in [-0.3, -0.25) is 4.90 Å². The van der Waals surface area contributed by atoms with E-state index < -0.39 is 6.61 Å². The van der Waals surface area contributed by atoms with Crippen molar-refractivity contribution in [2.75, 3.05) is 6.54 Å². The summed E-state index contributed by atoms with van der Waals surface area (Å²) in [6.45, 7) is 1.26. The maximum absolute atomic E-state index is 12.6. The third kappa shape index (κ3) is 3.51. The molecule has 3 heterocycles. The summed E-state index contributed by atoms with van der Waals surface area (Å²) in [6, 6.07) is 13.1. The standard InChI is InChI=1S/C20H19F2N3O/c1-13-6-7-14-10-16-12-25(9-8-17(16)24-19(14)23-13)11-15-4-2-3-5-18(15)26-20(21)22/h2-7,10,20H,8-9,11-12H2,1H3. The van der Waals surface area contributed by atoms with Crippen LogP contribution in [-0.4, -0.2) is 28.0 Å². The monoisotopic (exact) mass is 355 g/mol. The van der Waals surface area contributed by atoms with Crippen molar-refractivity contribution in [1.29, 1.82) is 0 Å². The van der Waals surface area contributed by atoms with Gasteiger partial charge in [-0.05, 0) is 36.8 Å². The molecule has 26 heavy (non-hydrogen) atoms. The molecule has 0 unspecified atom stereocenters. The van der Waals surface area contributed by atoms with E-state index in [9.17, 15) is 8.78 Å². The Morgan fingerprint density at radius 2 is 2.00 bits per heavy atom. The largest absolute Gasteiger partial charge is 0.434 e. The van der Waals surface area contributed by atoms with Gasteiger partial charge in [-0.2, -0.15) is 8.78 Å². The molecule has 1 aliphatic heterocycles. The fourth-order valence-corrected chi connectivity index (χ4v) is 3.39. The highest BCUT2D eigenvalue weighted by atomic mass is 19.3. The molecule has 4 rings (SSSR count). The van der Waals surface area contributed by atoms with Crippen molar-refractivity contribution in [2.45, 2.75) is 33.0 Å². The number of hydrogen-bond donors (Lipinski definition) is 0. The average Bonchev–Trinajstić information content (AvgIpc) is 2.61. The third-order valence-corrected chi connectivity index (χ3v) is 4.63. The predicted octanol–water partition coefficient (Wildman–Crippen LogP) is 4.10. The van der Waals surface area contributed by atoms with Crippen LogP contribution in [0.2, 0.25) is 0 Å². The van der Waals surface area contributed by atoms with Crippen LogP contribution in [0.4, 0.5) is 8.78 Å². The van der Waals surface area contributed by atoms with Gasteiger partial charge in [0.05, 0.1) is 0 Å². The highest BCUT2D eigenvalue weighted by molar-refractivity contribution is 5.76. The van der Waals surface area contributed by atoms with Crippen LogP contribution in [0, 0.1) is 6.92 Å². The summed E-state index contributed by atoms with van der Waals surface area (Å²) in [7, 11) is 0. The van der Waals surface area contributed by atoms with Crippen molar-refractivity contribution in [1.82, 2.24) is 14.9 Å². The number of para-hydroxylation sites is 1. The summed E-state index contributed by atoms with van der Waals surface area (Å²) in [5.74, 6) is 0.240. The van der Waals surface area contributed by atoms with E-state index in [0.29, 0.717) is 6.54 Å². The molecule has 0 amide bonds. The number of benzene rings is 1. The second kappa shape index (κ2) is 6.96. The number of nitrogens with zero attached hydrogens (tertiary/aromatic N) is 3. The van der Waals surface area contributed by atoms with Gasteiger partial charge in [-0.15, -0.1) is 0 Å². The second-order valence-corrected chi connectivity index (χ2v) is 6.54. The van der Waals surface area contributed by atoms with E-state index in [1.54, 1.807) is 12.1 Å². The van der Waals surface area contributed by atoms with Gasteiger partial charge in [0.2, 0.25) is 0 Å². The Hall–Kier alpha value is -2.60. The lowest BCUT2D eigenvalue weighted by molar-refractivity contribution is -0.0508. The van der Waals surface area contributed by atoms with Crippen molar-refractivity contribution >= 4 is 11.0 Å². The summed E-state index contributed by atoms with van der Waals surface area (Å²) < 4.78 is 29.9. The van der Waals surface area contributed by atoms with Crippen molar-refractivity contribution in [3.63, 3.8) is 0 Å². The zero-order chi connectivity index (χ0) is 18.1. The zero-order valence-electron chi connectivity index (χ0n) is 14.5. The van der Waals surface area contributed by atoms with Crippen LogP contribution in [0.3, 0.4) is 0 Å². The molecule has 0 saturated carbocycles. The van der Waals surface area contributed by atoms with Crippen molar-refractivity contribution < 1.29 is 13.5 Å². The molecule has 1 aromatic carbocycles. The number of hydrogen-bond acceptors (Lipinski definition) is 4. The van der Waals surface area contributed by atoms with E-state index in [-0.39, 0.29) is 5.75 Å². The number of pyridine rings is 2. The zero-order valence-corrected chi connectivity index (χ0v) is 14.5. The van der Waals surface area contributed by atoms with Gasteiger partial charge in [-0.1, -0.05) is 18.2 Å². The van der Waals surface area contributed by atoms with Crippen LogP contribution in [0.5, 0.6) is 5.75 Å². The Kier molecular flexibility index (Phi) is 4.51. The number of ether oxygens (including phenoxy) is 1. The lowest BCUT2D eigenvalue weighted by Gasteiger charge is -2.29. The smallest absolute Gasteiger partial charge is 0.387 e. The molecule has 0 saturated heterocycles. The van der Waals surface area contributed by atoms with Crippen LogP contribution in [0.1, 0.15) is 22.5 Å². The number of alkyl halides is 2. The summed E-state index contributed by atoms with van der Waals surface area (Å²) in [6.07, 6.45) is 0.818. The first kappa shape index (κ1) is 16.8. The van der Waals surface area contributed by atoms with Gasteiger partial charge >= 0.3 is 6.61 Å². The highest BCUT2D eigenvalue weighted by Crippen LogP contribution is 2.26. The molecule has 0 spiro atoms. The minimum atomic E-state index is -2.82. The molecular weight excluding hydrogens is 336 g/mol. The van der Waals surface area contributed by atoms with Gasteiger partial charge in [0.1, 0.15) is 5.75 Å². The number of aromatic nitrogens is 2. The van der Waals surface area contributed by atoms with Crippen LogP contribution in [0.25, 0.3) is 11.0 Å². The first-order valence-electron chi connectivity index (χ1n) is 8.60. The molecule has 0 aliphatic carbocycles. The van der Waals surface area contributed by atoms with Crippen LogP contribution in [0.15, 0.2) is 42.5 Å². The molecule has 0 radical (unpaired) electrons. The Labute approximate surface area is 150 Å². The third-order valence-electron chi connectivity index (χ3n) is 4.63. The molecule has 3 aromatic rings. The minimum absolute atomic E-state index is 0.240. The van der Waals surface area contributed by atoms with E-state index in [2.05, 4.69) is 20.7 Å². The van der Waals surface area contributed by atoms with Crippen LogP contribution < -0.4 is 4.74 Å². The number of fused-ring (bicyclic) bond motifs is 2. The van der Waals surface area contributed by atoms with Gasteiger partial charge in [0.25, 0.3) is 0 Å². The Morgan fingerprint density at radius 3 is 2.85 bits per heavy atom. The summed E-state index contributed by atoms with van der Waals surface area (Å²) in [5, 5.41) is 1.03. The van der Waals surface area contributed by atoms with E-state index in [1.807, 2.05) is 31.2 Å². The minimum Gasteiger partial charge on any atom is -0.434 e. The first-order valence-corrected chi connectivity index (χ1v) is 8.60. The number of halogens is 2. The quantitative estimate of drug-likeness (QED) is 0.706. The van der Waals surface area contributed by atoms with Crippen LogP contribution >= 0.6 is 0 Å². The van der Waals surface area contributed by atoms with Crippen molar-refractivity contribution in [3.8, 4) is 5.75 Å². The SMILES string of the molecule is Cc1ccc2cc3c(nc2n1)CCN(Cc1ccccc1OC(F)F)C3. The Balaban J connectivity index is 1.56. The number of rotatable bonds is 4. The number of aryl methyl sites for hydroxylation is 1. The maximum Gasteiger partial charge on any atom is 0.387 e.